The molecule has 0 bridgehead atoms. The molecule has 0 saturated heterocycles. The first-order valence-corrected chi connectivity index (χ1v) is 6.95. The highest BCUT2D eigenvalue weighted by atomic mass is 31.2. The molecular formula is C12H13O6P. The summed E-state index contributed by atoms with van der Waals surface area (Å²) < 4.78 is 27.1. The van der Waals surface area contributed by atoms with Crippen LogP contribution >= 0.6 is 7.60 Å². The lowest BCUT2D eigenvalue weighted by Gasteiger charge is -2.15. The van der Waals surface area contributed by atoms with Crippen LogP contribution in [0.15, 0.2) is 27.4 Å². The van der Waals surface area contributed by atoms with E-state index in [9.17, 15) is 14.5 Å². The van der Waals surface area contributed by atoms with E-state index in [1.165, 1.54) is 26.4 Å². The van der Waals surface area contributed by atoms with Crippen molar-refractivity contribution in [2.45, 2.75) is 6.92 Å². The predicted octanol–water partition coefficient (Wildman–Crippen LogP) is 1.92. The second-order valence-corrected chi connectivity index (χ2v) is 6.08. The Labute approximate surface area is 109 Å². The van der Waals surface area contributed by atoms with Crippen molar-refractivity contribution < 1.29 is 23.1 Å². The van der Waals surface area contributed by atoms with E-state index in [4.69, 9.17) is 13.5 Å². The zero-order chi connectivity index (χ0) is 14.2. The molecule has 0 fully saturated rings. The van der Waals surface area contributed by atoms with Crippen molar-refractivity contribution in [1.29, 1.82) is 0 Å². The van der Waals surface area contributed by atoms with Crippen molar-refractivity contribution in [1.82, 2.24) is 0 Å². The molecule has 0 spiro atoms. The molecule has 1 aromatic carbocycles. The fourth-order valence-corrected chi connectivity index (χ4v) is 3.22. The molecule has 2 aromatic rings. The Hall–Kier alpha value is -1.62. The molecule has 1 aromatic heterocycles. The van der Waals surface area contributed by atoms with Crippen molar-refractivity contribution >= 4 is 23.9 Å². The molecule has 102 valence electrons. The lowest BCUT2D eigenvalue weighted by molar-refractivity contribution is 0.286. The molecule has 0 saturated carbocycles. The Morgan fingerprint density at radius 1 is 1.26 bits per heavy atom. The van der Waals surface area contributed by atoms with E-state index in [1.54, 1.807) is 13.0 Å². The second-order valence-electron chi connectivity index (χ2n) is 3.91. The number of phenols is 1. The summed E-state index contributed by atoms with van der Waals surface area (Å²) in [6.45, 7) is 1.62. The van der Waals surface area contributed by atoms with E-state index >= 15 is 0 Å². The van der Waals surface area contributed by atoms with Crippen LogP contribution < -0.4 is 10.9 Å². The van der Waals surface area contributed by atoms with Gasteiger partial charge in [0.2, 0.25) is 0 Å². The molecule has 0 aliphatic carbocycles. The lowest BCUT2D eigenvalue weighted by Crippen LogP contribution is -2.28. The quantitative estimate of drug-likeness (QED) is 0.684. The monoisotopic (exact) mass is 284 g/mol. The highest BCUT2D eigenvalue weighted by Gasteiger charge is 2.32. The fraction of sp³-hybridized carbons (Fsp3) is 0.250. The third-order valence-electron chi connectivity index (χ3n) is 2.87. The topological polar surface area (TPSA) is 86.0 Å². The van der Waals surface area contributed by atoms with Crippen LogP contribution in [0.1, 0.15) is 5.56 Å². The maximum Gasteiger partial charge on any atom is 0.368 e. The van der Waals surface area contributed by atoms with Gasteiger partial charge in [-0.1, -0.05) is 0 Å². The third-order valence-corrected chi connectivity index (χ3v) is 4.90. The number of benzene rings is 1. The highest BCUT2D eigenvalue weighted by Crippen LogP contribution is 2.45. The maximum atomic E-state index is 12.4. The zero-order valence-corrected chi connectivity index (χ0v) is 11.6. The van der Waals surface area contributed by atoms with Gasteiger partial charge >= 0.3 is 13.2 Å². The van der Waals surface area contributed by atoms with Gasteiger partial charge in [-0.2, -0.15) is 0 Å². The number of aryl methyl sites for hydroxylation is 1. The number of rotatable bonds is 3. The van der Waals surface area contributed by atoms with Crippen LogP contribution in [0.4, 0.5) is 0 Å². The summed E-state index contributed by atoms with van der Waals surface area (Å²) in [5.41, 5.74) is -0.147. The van der Waals surface area contributed by atoms with E-state index < -0.39 is 13.2 Å². The second kappa shape index (κ2) is 4.81. The van der Waals surface area contributed by atoms with Crippen molar-refractivity contribution in [2.24, 2.45) is 0 Å². The Morgan fingerprint density at radius 3 is 2.47 bits per heavy atom. The summed E-state index contributed by atoms with van der Waals surface area (Å²) >= 11 is 0. The average Bonchev–Trinajstić information content (AvgIpc) is 2.37. The van der Waals surface area contributed by atoms with Crippen LogP contribution in [0.3, 0.4) is 0 Å². The maximum absolute atomic E-state index is 12.4. The van der Waals surface area contributed by atoms with Crippen LogP contribution in [0, 0.1) is 6.92 Å². The Morgan fingerprint density at radius 2 is 1.89 bits per heavy atom. The van der Waals surface area contributed by atoms with Gasteiger partial charge in [0.1, 0.15) is 11.3 Å². The minimum atomic E-state index is -3.69. The molecule has 0 aliphatic heterocycles. The summed E-state index contributed by atoms with van der Waals surface area (Å²) in [6.07, 6.45) is 0. The average molecular weight is 284 g/mol. The van der Waals surface area contributed by atoms with Crippen LogP contribution in [0.2, 0.25) is 0 Å². The van der Waals surface area contributed by atoms with Gasteiger partial charge in [-0.15, -0.1) is 0 Å². The molecule has 7 heteroatoms. The van der Waals surface area contributed by atoms with E-state index in [2.05, 4.69) is 0 Å². The molecule has 0 aliphatic rings. The number of aromatic hydroxyl groups is 1. The van der Waals surface area contributed by atoms with Crippen molar-refractivity contribution in [3.8, 4) is 5.75 Å². The van der Waals surface area contributed by atoms with Gasteiger partial charge in [0.15, 0.2) is 5.30 Å². The first kappa shape index (κ1) is 13.8. The van der Waals surface area contributed by atoms with Gasteiger partial charge < -0.3 is 18.6 Å². The smallest absolute Gasteiger partial charge is 0.368 e. The molecule has 2 rings (SSSR count). The highest BCUT2D eigenvalue weighted by molar-refractivity contribution is 7.62. The Kier molecular flexibility index (Phi) is 3.49. The van der Waals surface area contributed by atoms with Crippen LogP contribution in [-0.2, 0) is 13.6 Å². The molecular weight excluding hydrogens is 271 g/mol. The molecule has 0 radical (unpaired) electrons. The zero-order valence-electron chi connectivity index (χ0n) is 10.7. The van der Waals surface area contributed by atoms with Crippen molar-refractivity contribution in [3.05, 3.63) is 34.2 Å². The van der Waals surface area contributed by atoms with E-state index in [0.29, 0.717) is 10.9 Å². The van der Waals surface area contributed by atoms with Crippen LogP contribution in [0.5, 0.6) is 5.75 Å². The van der Waals surface area contributed by atoms with Gasteiger partial charge in [-0.05, 0) is 24.6 Å². The standard InChI is InChI=1S/C12H13O6P/c1-7-9-5-4-8(13)6-10(9)18-12(14)11(7)19(15,16-2)17-3/h4-6,13H,1-3H3. The van der Waals surface area contributed by atoms with Gasteiger partial charge in [0, 0.05) is 25.7 Å². The van der Waals surface area contributed by atoms with Crippen LogP contribution in [0.25, 0.3) is 11.0 Å². The molecule has 0 amide bonds. The summed E-state index contributed by atoms with van der Waals surface area (Å²) in [5.74, 6) is -0.0236. The SMILES string of the molecule is COP(=O)(OC)c1c(C)c2ccc(O)cc2oc1=O. The van der Waals surface area contributed by atoms with Gasteiger partial charge in [-0.3, -0.25) is 4.57 Å². The normalized spacial score (nSPS) is 11.9. The Balaban J connectivity index is 2.88. The van der Waals surface area contributed by atoms with E-state index in [1.807, 2.05) is 0 Å². The molecule has 6 nitrogen and oxygen atoms in total. The fourth-order valence-electron chi connectivity index (χ4n) is 1.91. The summed E-state index contributed by atoms with van der Waals surface area (Å²) in [7, 11) is -1.30. The minimum absolute atomic E-state index is 0.0236. The number of fused-ring (bicyclic) bond motifs is 1. The van der Waals surface area contributed by atoms with Crippen LogP contribution in [-0.4, -0.2) is 19.3 Å². The Bertz CT molecular complexity index is 725. The molecule has 1 N–H and O–H groups in total. The van der Waals surface area contributed by atoms with Gasteiger partial charge in [0.05, 0.1) is 0 Å². The van der Waals surface area contributed by atoms with Crippen molar-refractivity contribution in [3.63, 3.8) is 0 Å². The van der Waals surface area contributed by atoms with E-state index in [0.717, 1.165) is 0 Å². The largest absolute Gasteiger partial charge is 0.508 e. The molecule has 0 atom stereocenters. The van der Waals surface area contributed by atoms with Gasteiger partial charge in [0.25, 0.3) is 0 Å². The molecule has 1 heterocycles. The van der Waals surface area contributed by atoms with Crippen molar-refractivity contribution in [2.75, 3.05) is 14.2 Å². The number of hydrogen-bond donors (Lipinski definition) is 1. The molecule has 0 unspecified atom stereocenters. The predicted molar refractivity (Wildman–Crippen MR) is 70.1 cm³/mol. The third kappa shape index (κ3) is 2.18. The van der Waals surface area contributed by atoms with Gasteiger partial charge in [-0.25, -0.2) is 4.79 Å². The molecule has 19 heavy (non-hydrogen) atoms. The number of hydrogen-bond acceptors (Lipinski definition) is 6. The number of phenolic OH excluding ortho intramolecular Hbond substituents is 1. The first-order chi connectivity index (χ1) is 8.92. The lowest BCUT2D eigenvalue weighted by atomic mass is 10.1. The first-order valence-electron chi connectivity index (χ1n) is 5.41. The summed E-state index contributed by atoms with van der Waals surface area (Å²) in [5, 5.41) is 9.80. The summed E-state index contributed by atoms with van der Waals surface area (Å²) in [4.78, 5) is 11.9. The summed E-state index contributed by atoms with van der Waals surface area (Å²) in [6, 6.07) is 4.34. The minimum Gasteiger partial charge on any atom is -0.508 e. The van der Waals surface area contributed by atoms with E-state index in [-0.39, 0.29) is 16.6 Å².